The molecule has 3 rings (SSSR count). The lowest BCUT2D eigenvalue weighted by Gasteiger charge is -2.10. The molecule has 28 heavy (non-hydrogen) atoms. The van der Waals surface area contributed by atoms with Crippen LogP contribution in [0.3, 0.4) is 0 Å². The van der Waals surface area contributed by atoms with E-state index in [0.717, 1.165) is 40.6 Å². The first kappa shape index (κ1) is 22.2. The lowest BCUT2D eigenvalue weighted by Crippen LogP contribution is -2.38. The number of guanidine groups is 1. The van der Waals surface area contributed by atoms with E-state index in [4.69, 9.17) is 8.94 Å². The Bertz CT molecular complexity index is 916. The average molecular weight is 497 g/mol. The molecule has 0 atom stereocenters. The number of benzene rings is 1. The number of aryl methyl sites for hydroxylation is 1. The molecule has 0 aliphatic rings. The van der Waals surface area contributed by atoms with Gasteiger partial charge < -0.3 is 19.6 Å². The molecular weight excluding hydrogens is 469 g/mol. The Hall–Kier alpha value is -2.10. The summed E-state index contributed by atoms with van der Waals surface area (Å²) in [4.78, 5) is 9.03. The summed E-state index contributed by atoms with van der Waals surface area (Å²) in [5.41, 5.74) is 2.03. The maximum absolute atomic E-state index is 5.93. The maximum Gasteiger partial charge on any atom is 0.228 e. The summed E-state index contributed by atoms with van der Waals surface area (Å²) < 4.78 is 11.2. The second-order valence-electron chi connectivity index (χ2n) is 6.72. The van der Waals surface area contributed by atoms with E-state index in [1.54, 1.807) is 0 Å². The Morgan fingerprint density at radius 2 is 2.00 bits per heavy atom. The zero-order valence-corrected chi connectivity index (χ0v) is 19.1. The monoisotopic (exact) mass is 497 g/mol. The molecule has 3 aromatic rings. The van der Waals surface area contributed by atoms with Crippen molar-refractivity contribution < 1.29 is 8.94 Å². The summed E-state index contributed by atoms with van der Waals surface area (Å²) >= 11 is 0. The summed E-state index contributed by atoms with van der Waals surface area (Å²) in [6, 6.07) is 8.05. The quantitative estimate of drug-likeness (QED) is 0.290. The zero-order valence-electron chi connectivity index (χ0n) is 16.8. The van der Waals surface area contributed by atoms with Crippen LogP contribution in [0.2, 0.25) is 0 Å². The Labute approximate surface area is 182 Å². The van der Waals surface area contributed by atoms with Crippen LogP contribution < -0.4 is 10.6 Å². The lowest BCUT2D eigenvalue weighted by atomic mass is 10.1. The minimum atomic E-state index is 0. The first-order valence-electron chi connectivity index (χ1n) is 9.40. The van der Waals surface area contributed by atoms with E-state index in [2.05, 4.69) is 38.8 Å². The average Bonchev–Trinajstić information content (AvgIpc) is 3.25. The van der Waals surface area contributed by atoms with Gasteiger partial charge in [-0.3, -0.25) is 0 Å². The van der Waals surface area contributed by atoms with Crippen LogP contribution in [-0.4, -0.2) is 29.2 Å². The number of rotatable bonds is 7. The van der Waals surface area contributed by atoms with Gasteiger partial charge in [-0.25, -0.2) is 4.99 Å². The van der Waals surface area contributed by atoms with E-state index < -0.39 is 0 Å². The minimum absolute atomic E-state index is 0. The van der Waals surface area contributed by atoms with Crippen molar-refractivity contribution in [2.45, 2.75) is 46.6 Å². The highest BCUT2D eigenvalue weighted by Gasteiger charge is 2.11. The minimum Gasteiger partial charge on any atom is -0.459 e. The molecule has 2 heterocycles. The van der Waals surface area contributed by atoms with Crippen LogP contribution in [0.15, 0.2) is 38.2 Å². The number of fused-ring (bicyclic) bond motifs is 1. The van der Waals surface area contributed by atoms with Crippen molar-refractivity contribution in [1.29, 1.82) is 0 Å². The first-order chi connectivity index (χ1) is 13.1. The normalized spacial score (nSPS) is 11.7. The van der Waals surface area contributed by atoms with Crippen LogP contribution in [0.25, 0.3) is 11.0 Å². The van der Waals surface area contributed by atoms with Crippen molar-refractivity contribution in [3.63, 3.8) is 0 Å². The molecule has 2 N–H and O–H groups in total. The summed E-state index contributed by atoms with van der Waals surface area (Å²) in [6.45, 7) is 10.1. The van der Waals surface area contributed by atoms with Gasteiger partial charge in [-0.15, -0.1) is 24.0 Å². The fraction of sp³-hybridized carbons (Fsp3) is 0.450. The molecule has 0 saturated carbocycles. The number of halogens is 1. The molecule has 0 saturated heterocycles. The van der Waals surface area contributed by atoms with Gasteiger partial charge in [0.05, 0.1) is 0 Å². The molecule has 8 heteroatoms. The highest BCUT2D eigenvalue weighted by Crippen LogP contribution is 2.25. The van der Waals surface area contributed by atoms with Crippen molar-refractivity contribution in [2.24, 2.45) is 4.99 Å². The van der Waals surface area contributed by atoms with Crippen LogP contribution in [0.4, 0.5) is 0 Å². The Morgan fingerprint density at radius 3 is 2.68 bits per heavy atom. The standard InChI is InChI=1S/C20H27N5O2.HI/c1-5-21-20(22-11-10-18-24-19(13(2)3)25-27-18)23-12-17-14(4)15-8-6-7-9-16(15)26-17;/h6-9,13H,5,10-12H2,1-4H3,(H2,21,22,23);1H. The van der Waals surface area contributed by atoms with Crippen molar-refractivity contribution >= 4 is 40.9 Å². The van der Waals surface area contributed by atoms with E-state index in [1.807, 2.05) is 39.0 Å². The van der Waals surface area contributed by atoms with Gasteiger partial charge in [-0.05, 0) is 19.9 Å². The SMILES string of the molecule is CCNC(=NCc1oc2ccccc2c1C)NCCc1nc(C(C)C)no1.I. The number of aliphatic imine (C=N–C) groups is 1. The Kier molecular flexibility index (Phi) is 8.28. The van der Waals surface area contributed by atoms with E-state index in [1.165, 1.54) is 0 Å². The van der Waals surface area contributed by atoms with Gasteiger partial charge in [-0.2, -0.15) is 4.98 Å². The van der Waals surface area contributed by atoms with Crippen LogP contribution in [-0.2, 0) is 13.0 Å². The third-order valence-electron chi connectivity index (χ3n) is 4.30. The number of nitrogens with zero attached hydrogens (tertiary/aromatic N) is 3. The topological polar surface area (TPSA) is 88.5 Å². The van der Waals surface area contributed by atoms with Crippen molar-refractivity contribution in [1.82, 2.24) is 20.8 Å². The number of aromatic nitrogens is 2. The predicted molar refractivity (Wildman–Crippen MR) is 121 cm³/mol. The summed E-state index contributed by atoms with van der Waals surface area (Å²) in [5, 5.41) is 11.7. The second-order valence-corrected chi connectivity index (χ2v) is 6.72. The van der Waals surface area contributed by atoms with E-state index in [0.29, 0.717) is 25.4 Å². The van der Waals surface area contributed by atoms with Crippen LogP contribution in [0.5, 0.6) is 0 Å². The van der Waals surface area contributed by atoms with Gasteiger partial charge in [-0.1, -0.05) is 37.2 Å². The highest BCUT2D eigenvalue weighted by molar-refractivity contribution is 14.0. The number of hydrogen-bond acceptors (Lipinski definition) is 5. The fourth-order valence-corrected chi connectivity index (χ4v) is 2.76. The third-order valence-corrected chi connectivity index (χ3v) is 4.30. The van der Waals surface area contributed by atoms with E-state index >= 15 is 0 Å². The van der Waals surface area contributed by atoms with Crippen molar-refractivity contribution in [3.8, 4) is 0 Å². The molecular formula is C20H28IN5O2. The molecule has 0 bridgehead atoms. The first-order valence-corrected chi connectivity index (χ1v) is 9.40. The van der Waals surface area contributed by atoms with E-state index in [-0.39, 0.29) is 29.9 Å². The lowest BCUT2D eigenvalue weighted by molar-refractivity contribution is 0.371. The number of furan rings is 1. The van der Waals surface area contributed by atoms with Gasteiger partial charge in [0.15, 0.2) is 11.8 Å². The van der Waals surface area contributed by atoms with Gasteiger partial charge >= 0.3 is 0 Å². The molecule has 0 fully saturated rings. The molecule has 7 nitrogen and oxygen atoms in total. The number of nitrogens with one attached hydrogen (secondary N) is 2. The van der Waals surface area contributed by atoms with Crippen molar-refractivity contribution in [2.75, 3.05) is 13.1 Å². The van der Waals surface area contributed by atoms with Crippen LogP contribution >= 0.6 is 24.0 Å². The molecule has 152 valence electrons. The molecule has 0 aliphatic carbocycles. The number of hydrogen-bond donors (Lipinski definition) is 2. The number of para-hydroxylation sites is 1. The molecule has 0 unspecified atom stereocenters. The molecule has 0 aliphatic heterocycles. The maximum atomic E-state index is 5.93. The molecule has 0 spiro atoms. The second kappa shape index (κ2) is 10.4. The van der Waals surface area contributed by atoms with E-state index in [9.17, 15) is 0 Å². The smallest absolute Gasteiger partial charge is 0.228 e. The van der Waals surface area contributed by atoms with Gasteiger partial charge in [0.1, 0.15) is 17.9 Å². The molecule has 2 aromatic heterocycles. The Morgan fingerprint density at radius 1 is 1.21 bits per heavy atom. The zero-order chi connectivity index (χ0) is 19.2. The summed E-state index contributed by atoms with van der Waals surface area (Å²) in [5.74, 6) is 3.26. The van der Waals surface area contributed by atoms with Gasteiger partial charge in [0.25, 0.3) is 0 Å². The fourth-order valence-electron chi connectivity index (χ4n) is 2.76. The molecule has 1 aromatic carbocycles. The molecule has 0 amide bonds. The van der Waals surface area contributed by atoms with Crippen molar-refractivity contribution in [3.05, 3.63) is 47.3 Å². The molecule has 0 radical (unpaired) electrons. The Balaban J connectivity index is 0.00000280. The predicted octanol–water partition coefficient (Wildman–Crippen LogP) is 4.16. The summed E-state index contributed by atoms with van der Waals surface area (Å²) in [6.07, 6.45) is 0.647. The van der Waals surface area contributed by atoms with Crippen LogP contribution in [0, 0.1) is 6.92 Å². The highest BCUT2D eigenvalue weighted by atomic mass is 127. The van der Waals surface area contributed by atoms with Crippen LogP contribution in [0.1, 0.15) is 49.7 Å². The van der Waals surface area contributed by atoms with Gasteiger partial charge in [0.2, 0.25) is 5.89 Å². The third kappa shape index (κ3) is 5.46. The summed E-state index contributed by atoms with van der Waals surface area (Å²) in [7, 11) is 0. The van der Waals surface area contributed by atoms with Gasteiger partial charge in [0, 0.05) is 36.4 Å². The largest absolute Gasteiger partial charge is 0.459 e.